The molecule has 0 unspecified atom stereocenters. The Labute approximate surface area is 183 Å². The predicted octanol–water partition coefficient (Wildman–Crippen LogP) is 4.89. The van der Waals surface area contributed by atoms with Gasteiger partial charge in [0, 0.05) is 5.69 Å². The minimum Gasteiger partial charge on any atom is -0.457 e. The Hall–Kier alpha value is -3.32. The summed E-state index contributed by atoms with van der Waals surface area (Å²) in [5.41, 5.74) is 2.73. The first-order chi connectivity index (χ1) is 14.6. The van der Waals surface area contributed by atoms with E-state index in [-0.39, 0.29) is 0 Å². The molecule has 7 heteroatoms. The zero-order chi connectivity index (χ0) is 22.6. The zero-order valence-corrected chi connectivity index (χ0v) is 18.8. The fourth-order valence-corrected chi connectivity index (χ4v) is 4.44. The van der Waals surface area contributed by atoms with Gasteiger partial charge in [0.15, 0.2) is 0 Å². The number of benzene rings is 3. The molecule has 0 aliphatic carbocycles. The van der Waals surface area contributed by atoms with Crippen molar-refractivity contribution in [1.82, 2.24) is 0 Å². The Morgan fingerprint density at radius 1 is 0.935 bits per heavy atom. The number of amides is 1. The number of rotatable bonds is 7. The standard InChI is InChI=1S/C24H26N2O4S/c1-17-10-11-18(2)23(16-17)26(31(4,28)29)19(3)24(27)25-20-12-14-22(15-13-20)30-21-8-6-5-7-9-21/h5-16,19H,1-4H3,(H,25,27)/t19-/m0/s1. The summed E-state index contributed by atoms with van der Waals surface area (Å²) < 4.78 is 32.0. The van der Waals surface area contributed by atoms with Gasteiger partial charge in [-0.25, -0.2) is 8.42 Å². The summed E-state index contributed by atoms with van der Waals surface area (Å²) in [4.78, 5) is 12.9. The number of anilines is 2. The smallest absolute Gasteiger partial charge is 0.247 e. The number of hydrogen-bond acceptors (Lipinski definition) is 4. The highest BCUT2D eigenvalue weighted by atomic mass is 32.2. The summed E-state index contributed by atoms with van der Waals surface area (Å²) in [7, 11) is -3.68. The second kappa shape index (κ2) is 9.22. The first-order valence-electron chi connectivity index (χ1n) is 9.85. The molecule has 1 atom stereocenters. The molecule has 3 aromatic carbocycles. The quantitative estimate of drug-likeness (QED) is 0.570. The average Bonchev–Trinajstić information content (AvgIpc) is 2.72. The Bertz CT molecular complexity index is 1160. The largest absolute Gasteiger partial charge is 0.457 e. The molecule has 31 heavy (non-hydrogen) atoms. The summed E-state index contributed by atoms with van der Waals surface area (Å²) in [6, 6.07) is 20.9. The Kier molecular flexibility index (Phi) is 6.65. The van der Waals surface area contributed by atoms with Crippen molar-refractivity contribution >= 4 is 27.3 Å². The highest BCUT2D eigenvalue weighted by Crippen LogP contribution is 2.27. The van der Waals surface area contributed by atoms with Gasteiger partial charge in [-0.3, -0.25) is 9.10 Å². The van der Waals surface area contributed by atoms with Gasteiger partial charge in [-0.2, -0.15) is 0 Å². The van der Waals surface area contributed by atoms with E-state index in [1.165, 1.54) is 0 Å². The van der Waals surface area contributed by atoms with Crippen molar-refractivity contribution in [2.24, 2.45) is 0 Å². The first-order valence-corrected chi connectivity index (χ1v) is 11.7. The molecule has 0 saturated carbocycles. The minimum absolute atomic E-state index is 0.428. The van der Waals surface area contributed by atoms with E-state index in [2.05, 4.69) is 5.32 Å². The Balaban J connectivity index is 1.77. The third-order valence-electron chi connectivity index (χ3n) is 4.79. The highest BCUT2D eigenvalue weighted by molar-refractivity contribution is 7.92. The number of carbonyl (C=O) groups is 1. The van der Waals surface area contributed by atoms with Crippen molar-refractivity contribution in [1.29, 1.82) is 0 Å². The maximum absolute atomic E-state index is 12.9. The maximum Gasteiger partial charge on any atom is 0.247 e. The van der Waals surface area contributed by atoms with Gasteiger partial charge in [0.1, 0.15) is 17.5 Å². The van der Waals surface area contributed by atoms with Gasteiger partial charge in [-0.15, -0.1) is 0 Å². The van der Waals surface area contributed by atoms with Gasteiger partial charge < -0.3 is 10.1 Å². The van der Waals surface area contributed by atoms with Crippen LogP contribution in [0.3, 0.4) is 0 Å². The lowest BCUT2D eigenvalue weighted by molar-refractivity contribution is -0.116. The number of ether oxygens (including phenoxy) is 1. The van der Waals surface area contributed by atoms with E-state index in [1.807, 2.05) is 56.3 Å². The van der Waals surface area contributed by atoms with E-state index in [1.54, 1.807) is 37.3 Å². The van der Waals surface area contributed by atoms with Gasteiger partial charge >= 0.3 is 0 Å². The van der Waals surface area contributed by atoms with E-state index >= 15 is 0 Å². The van der Waals surface area contributed by atoms with Crippen molar-refractivity contribution in [2.45, 2.75) is 26.8 Å². The summed E-state index contributed by atoms with van der Waals surface area (Å²) in [5.74, 6) is 0.915. The molecule has 162 valence electrons. The molecule has 0 aliphatic rings. The molecule has 6 nitrogen and oxygen atoms in total. The van der Waals surface area contributed by atoms with E-state index in [9.17, 15) is 13.2 Å². The summed E-state index contributed by atoms with van der Waals surface area (Å²) in [6.45, 7) is 5.28. The van der Waals surface area contributed by atoms with Crippen molar-refractivity contribution in [3.05, 3.63) is 83.9 Å². The van der Waals surface area contributed by atoms with Crippen molar-refractivity contribution < 1.29 is 17.9 Å². The SMILES string of the molecule is Cc1ccc(C)c(N([C@@H](C)C(=O)Nc2ccc(Oc3ccccc3)cc2)S(C)(=O)=O)c1. The summed E-state index contributed by atoms with van der Waals surface area (Å²) >= 11 is 0. The maximum atomic E-state index is 12.9. The molecule has 0 fully saturated rings. The molecular weight excluding hydrogens is 412 g/mol. The Morgan fingerprint density at radius 3 is 2.16 bits per heavy atom. The number of carbonyl (C=O) groups excluding carboxylic acids is 1. The molecule has 0 heterocycles. The van der Waals surface area contributed by atoms with Crippen LogP contribution in [0.1, 0.15) is 18.1 Å². The molecule has 0 bridgehead atoms. The second-order valence-electron chi connectivity index (χ2n) is 7.45. The van der Waals surface area contributed by atoms with Gasteiger partial charge in [0.05, 0.1) is 11.9 Å². The van der Waals surface area contributed by atoms with Crippen molar-refractivity contribution in [3.8, 4) is 11.5 Å². The number of nitrogens with one attached hydrogen (secondary N) is 1. The molecule has 0 radical (unpaired) electrons. The van der Waals surface area contributed by atoms with Crippen molar-refractivity contribution in [2.75, 3.05) is 15.9 Å². The van der Waals surface area contributed by atoms with Crippen LogP contribution in [0.15, 0.2) is 72.8 Å². The molecule has 0 aliphatic heterocycles. The van der Waals surface area contributed by atoms with E-state index < -0.39 is 22.0 Å². The van der Waals surface area contributed by atoms with Crippen LogP contribution >= 0.6 is 0 Å². The van der Waals surface area contributed by atoms with Gasteiger partial charge in [0.25, 0.3) is 0 Å². The fraction of sp³-hybridized carbons (Fsp3) is 0.208. The molecule has 0 saturated heterocycles. The lowest BCUT2D eigenvalue weighted by Crippen LogP contribution is -2.45. The first kappa shape index (κ1) is 22.4. The van der Waals surface area contributed by atoms with E-state index in [0.717, 1.165) is 21.7 Å². The molecule has 3 aromatic rings. The molecule has 1 N–H and O–H groups in total. The monoisotopic (exact) mass is 438 g/mol. The second-order valence-corrected chi connectivity index (χ2v) is 9.31. The van der Waals surface area contributed by atoms with Crippen LogP contribution in [0.25, 0.3) is 0 Å². The number of para-hydroxylation sites is 1. The van der Waals surface area contributed by atoms with Crippen LogP contribution in [-0.4, -0.2) is 26.6 Å². The predicted molar refractivity (Wildman–Crippen MR) is 124 cm³/mol. The van der Waals surface area contributed by atoms with Crippen LogP contribution in [0.4, 0.5) is 11.4 Å². The normalized spacial score (nSPS) is 12.1. The fourth-order valence-electron chi connectivity index (χ4n) is 3.22. The number of hydrogen-bond donors (Lipinski definition) is 1. The van der Waals surface area contributed by atoms with Crippen LogP contribution < -0.4 is 14.4 Å². The zero-order valence-electron chi connectivity index (χ0n) is 18.0. The number of aryl methyl sites for hydroxylation is 2. The van der Waals surface area contributed by atoms with Gasteiger partial charge in [0.2, 0.25) is 15.9 Å². The summed E-state index contributed by atoms with van der Waals surface area (Å²) in [5, 5.41) is 2.79. The highest BCUT2D eigenvalue weighted by Gasteiger charge is 2.30. The topological polar surface area (TPSA) is 75.7 Å². The van der Waals surface area contributed by atoms with Gasteiger partial charge in [-0.1, -0.05) is 30.3 Å². The van der Waals surface area contributed by atoms with Crippen LogP contribution in [-0.2, 0) is 14.8 Å². The molecule has 0 aromatic heterocycles. The number of nitrogens with zero attached hydrogens (tertiary/aromatic N) is 1. The van der Waals surface area contributed by atoms with E-state index in [0.29, 0.717) is 22.9 Å². The lowest BCUT2D eigenvalue weighted by Gasteiger charge is -2.29. The molecule has 0 spiro atoms. The van der Waals surface area contributed by atoms with Crippen LogP contribution in [0.5, 0.6) is 11.5 Å². The number of sulfonamides is 1. The van der Waals surface area contributed by atoms with Crippen LogP contribution in [0, 0.1) is 13.8 Å². The molecular formula is C24H26N2O4S. The average molecular weight is 439 g/mol. The van der Waals surface area contributed by atoms with Crippen LogP contribution in [0.2, 0.25) is 0 Å². The van der Waals surface area contributed by atoms with E-state index in [4.69, 9.17) is 4.74 Å². The lowest BCUT2D eigenvalue weighted by atomic mass is 10.1. The minimum atomic E-state index is -3.68. The van der Waals surface area contributed by atoms with Gasteiger partial charge in [-0.05, 0) is 74.4 Å². The van der Waals surface area contributed by atoms with Crippen molar-refractivity contribution in [3.63, 3.8) is 0 Å². The third-order valence-corrected chi connectivity index (χ3v) is 6.02. The Morgan fingerprint density at radius 2 is 1.55 bits per heavy atom. The summed E-state index contributed by atoms with van der Waals surface area (Å²) in [6.07, 6.45) is 1.11. The molecule has 3 rings (SSSR count). The molecule has 1 amide bonds. The third kappa shape index (κ3) is 5.64.